The van der Waals surface area contributed by atoms with E-state index in [-0.39, 0.29) is 11.6 Å². The summed E-state index contributed by atoms with van der Waals surface area (Å²) in [6.07, 6.45) is 1.03. The topological polar surface area (TPSA) is 75.0 Å². The van der Waals surface area contributed by atoms with Gasteiger partial charge in [-0.25, -0.2) is 4.79 Å². The third kappa shape index (κ3) is 4.01. The molecule has 0 saturated carbocycles. The molecule has 7 heteroatoms. The van der Waals surface area contributed by atoms with Crippen molar-refractivity contribution in [2.75, 3.05) is 51.3 Å². The molecule has 1 saturated heterocycles. The molecular formula is C25H27N3O4. The summed E-state index contributed by atoms with van der Waals surface area (Å²) >= 11 is 0. The molecule has 166 valence electrons. The number of nitrogens with zero attached hydrogens (tertiary/aromatic N) is 2. The summed E-state index contributed by atoms with van der Waals surface area (Å²) in [6.45, 7) is 4.37. The van der Waals surface area contributed by atoms with Crippen LogP contribution >= 0.6 is 0 Å². The van der Waals surface area contributed by atoms with Gasteiger partial charge in [-0.2, -0.15) is 0 Å². The molecule has 0 aliphatic carbocycles. The van der Waals surface area contributed by atoms with Crippen LogP contribution in [0.2, 0.25) is 0 Å². The fraction of sp³-hybridized carbons (Fsp3) is 0.360. The van der Waals surface area contributed by atoms with E-state index in [1.54, 1.807) is 18.2 Å². The van der Waals surface area contributed by atoms with Crippen LogP contribution in [0, 0.1) is 0 Å². The molecule has 1 N–H and O–H groups in total. The molecule has 1 amide bonds. The van der Waals surface area contributed by atoms with Crippen LogP contribution in [0.5, 0.6) is 0 Å². The zero-order chi connectivity index (χ0) is 22.1. The van der Waals surface area contributed by atoms with Gasteiger partial charge in [-0.1, -0.05) is 30.3 Å². The Morgan fingerprint density at radius 3 is 2.75 bits per heavy atom. The highest BCUT2D eigenvalue weighted by atomic mass is 16.5. The summed E-state index contributed by atoms with van der Waals surface area (Å²) in [6, 6.07) is 15.4. The van der Waals surface area contributed by atoms with E-state index in [4.69, 9.17) is 9.15 Å². The van der Waals surface area contributed by atoms with Crippen molar-refractivity contribution >= 4 is 22.6 Å². The number of hydrogen-bond acceptors (Lipinski definition) is 6. The molecule has 2 aromatic carbocycles. The highest BCUT2D eigenvalue weighted by molar-refractivity contribution is 5.96. The van der Waals surface area contributed by atoms with Gasteiger partial charge < -0.3 is 19.4 Å². The maximum atomic E-state index is 12.9. The second-order valence-electron chi connectivity index (χ2n) is 8.42. The number of amides is 1. The number of hydrogen-bond donors (Lipinski definition) is 1. The van der Waals surface area contributed by atoms with E-state index in [0.29, 0.717) is 25.3 Å². The fourth-order valence-corrected chi connectivity index (χ4v) is 4.65. The number of benzene rings is 2. The van der Waals surface area contributed by atoms with Crippen molar-refractivity contribution in [1.82, 2.24) is 10.2 Å². The molecule has 1 atom stereocenters. The molecule has 2 aliphatic heterocycles. The number of morpholine rings is 1. The number of carbonyl (C=O) groups excluding carboxylic acids is 1. The molecule has 0 spiro atoms. The van der Waals surface area contributed by atoms with Crippen molar-refractivity contribution in [3.05, 3.63) is 75.6 Å². The van der Waals surface area contributed by atoms with Gasteiger partial charge in [0, 0.05) is 44.3 Å². The standard InChI is InChI=1S/C25H27N3O4/c1-27-9-8-18-14-17(6-7-21(18)27)22(28-10-12-31-13-11-28)16-26-24(29)20-15-19-4-2-3-5-23(19)32-25(20)30/h2-7,14-15,22H,8-13,16H2,1H3,(H,26,29). The Bertz CT molecular complexity index is 1200. The quantitative estimate of drug-likeness (QED) is 0.624. The van der Waals surface area contributed by atoms with Gasteiger partial charge in [-0.3, -0.25) is 9.69 Å². The lowest BCUT2D eigenvalue weighted by Crippen LogP contribution is -2.44. The van der Waals surface area contributed by atoms with Gasteiger partial charge in [-0.05, 0) is 35.7 Å². The Kier molecular flexibility index (Phi) is 5.68. The highest BCUT2D eigenvalue weighted by Crippen LogP contribution is 2.31. The second-order valence-corrected chi connectivity index (χ2v) is 8.42. The number of likely N-dealkylation sites (N-methyl/N-ethyl adjacent to an activating group) is 1. The van der Waals surface area contributed by atoms with Crippen LogP contribution in [0.4, 0.5) is 5.69 Å². The minimum atomic E-state index is -0.621. The van der Waals surface area contributed by atoms with Crippen LogP contribution in [0.25, 0.3) is 11.0 Å². The van der Waals surface area contributed by atoms with Crippen molar-refractivity contribution in [2.45, 2.75) is 12.5 Å². The maximum absolute atomic E-state index is 12.9. The molecule has 1 aromatic heterocycles. The van der Waals surface area contributed by atoms with Gasteiger partial charge in [0.15, 0.2) is 0 Å². The first-order chi connectivity index (χ1) is 15.6. The van der Waals surface area contributed by atoms with Gasteiger partial charge in [0.25, 0.3) is 5.91 Å². The summed E-state index contributed by atoms with van der Waals surface area (Å²) < 4.78 is 10.9. The minimum absolute atomic E-state index is 0.00607. The summed E-state index contributed by atoms with van der Waals surface area (Å²) in [5.74, 6) is -0.413. The van der Waals surface area contributed by atoms with E-state index in [1.807, 2.05) is 12.1 Å². The normalized spacial score (nSPS) is 17.3. The average molecular weight is 434 g/mol. The number of carbonyl (C=O) groups is 1. The molecule has 7 nitrogen and oxygen atoms in total. The zero-order valence-electron chi connectivity index (χ0n) is 18.2. The third-order valence-electron chi connectivity index (χ3n) is 6.44. The Morgan fingerprint density at radius 2 is 1.91 bits per heavy atom. The van der Waals surface area contributed by atoms with Crippen LogP contribution in [-0.4, -0.2) is 57.2 Å². The zero-order valence-corrected chi connectivity index (χ0v) is 18.2. The SMILES string of the molecule is CN1CCc2cc(C(CNC(=O)c3cc4ccccc4oc3=O)N3CCOCC3)ccc21. The second kappa shape index (κ2) is 8.76. The van der Waals surface area contributed by atoms with Crippen LogP contribution in [0.3, 0.4) is 0 Å². The van der Waals surface area contributed by atoms with E-state index in [0.717, 1.165) is 31.4 Å². The van der Waals surface area contributed by atoms with E-state index in [2.05, 4.69) is 40.4 Å². The Labute approximate surface area is 186 Å². The van der Waals surface area contributed by atoms with Crippen LogP contribution in [0.1, 0.15) is 27.5 Å². The van der Waals surface area contributed by atoms with Gasteiger partial charge >= 0.3 is 5.63 Å². The van der Waals surface area contributed by atoms with E-state index in [1.165, 1.54) is 16.8 Å². The highest BCUT2D eigenvalue weighted by Gasteiger charge is 2.26. The largest absolute Gasteiger partial charge is 0.422 e. The molecule has 1 fully saturated rings. The summed E-state index contributed by atoms with van der Waals surface area (Å²) in [4.78, 5) is 29.9. The molecule has 1 unspecified atom stereocenters. The van der Waals surface area contributed by atoms with E-state index >= 15 is 0 Å². The predicted molar refractivity (Wildman–Crippen MR) is 123 cm³/mol. The number of para-hydroxylation sites is 1. The molecule has 32 heavy (non-hydrogen) atoms. The number of anilines is 1. The van der Waals surface area contributed by atoms with Gasteiger partial charge in [0.05, 0.1) is 19.3 Å². The molecule has 0 radical (unpaired) electrons. The summed E-state index contributed by atoms with van der Waals surface area (Å²) in [5.41, 5.74) is 3.66. The molecule has 0 bridgehead atoms. The molecular weight excluding hydrogens is 406 g/mol. The predicted octanol–water partition coefficient (Wildman–Crippen LogP) is 2.59. The van der Waals surface area contributed by atoms with Crippen LogP contribution in [0.15, 0.2) is 57.7 Å². The lowest BCUT2D eigenvalue weighted by molar-refractivity contribution is 0.0162. The van der Waals surface area contributed by atoms with Crippen molar-refractivity contribution in [3.8, 4) is 0 Å². The Morgan fingerprint density at radius 1 is 1.09 bits per heavy atom. The smallest absolute Gasteiger partial charge is 0.349 e. The van der Waals surface area contributed by atoms with Gasteiger partial charge in [0.2, 0.25) is 0 Å². The maximum Gasteiger partial charge on any atom is 0.349 e. The molecule has 3 aromatic rings. The first-order valence-electron chi connectivity index (χ1n) is 11.1. The Balaban J connectivity index is 1.39. The lowest BCUT2D eigenvalue weighted by atomic mass is 10.00. The molecule has 2 aliphatic rings. The van der Waals surface area contributed by atoms with Crippen molar-refractivity contribution < 1.29 is 13.9 Å². The van der Waals surface area contributed by atoms with E-state index < -0.39 is 11.5 Å². The molecule has 5 rings (SSSR count). The number of ether oxygens (including phenoxy) is 1. The Hall–Kier alpha value is -3.16. The van der Waals surface area contributed by atoms with Crippen LogP contribution in [-0.2, 0) is 11.2 Å². The minimum Gasteiger partial charge on any atom is -0.422 e. The summed E-state index contributed by atoms with van der Waals surface area (Å²) in [5, 5.41) is 3.71. The number of fused-ring (bicyclic) bond motifs is 2. The average Bonchev–Trinajstić information content (AvgIpc) is 3.19. The third-order valence-corrected chi connectivity index (χ3v) is 6.44. The van der Waals surface area contributed by atoms with Crippen molar-refractivity contribution in [2.24, 2.45) is 0 Å². The number of nitrogens with one attached hydrogen (secondary N) is 1. The fourth-order valence-electron chi connectivity index (χ4n) is 4.65. The number of rotatable bonds is 5. The first kappa shape index (κ1) is 20.7. The van der Waals surface area contributed by atoms with Crippen molar-refractivity contribution in [3.63, 3.8) is 0 Å². The van der Waals surface area contributed by atoms with Gasteiger partial charge in [0.1, 0.15) is 11.1 Å². The monoisotopic (exact) mass is 433 g/mol. The lowest BCUT2D eigenvalue weighted by Gasteiger charge is -2.35. The first-order valence-corrected chi connectivity index (χ1v) is 11.1. The molecule has 3 heterocycles. The van der Waals surface area contributed by atoms with E-state index in [9.17, 15) is 9.59 Å². The van der Waals surface area contributed by atoms with Gasteiger partial charge in [-0.15, -0.1) is 0 Å². The summed E-state index contributed by atoms with van der Waals surface area (Å²) in [7, 11) is 2.11. The van der Waals surface area contributed by atoms with Crippen LogP contribution < -0.4 is 15.8 Å². The van der Waals surface area contributed by atoms with Crippen molar-refractivity contribution in [1.29, 1.82) is 0 Å².